The second-order valence-corrected chi connectivity index (χ2v) is 6.61. The van der Waals surface area contributed by atoms with E-state index in [1.54, 1.807) is 11.9 Å². The van der Waals surface area contributed by atoms with Gasteiger partial charge in [-0.3, -0.25) is 9.59 Å². The molecule has 2 amide bonds. The Morgan fingerprint density at radius 2 is 2.04 bits per heavy atom. The van der Waals surface area contributed by atoms with Crippen LogP contribution in [0.3, 0.4) is 0 Å². The number of fused-ring (bicyclic) bond motifs is 1. The van der Waals surface area contributed by atoms with Gasteiger partial charge in [0.25, 0.3) is 0 Å². The predicted molar refractivity (Wildman–Crippen MR) is 103 cm³/mol. The van der Waals surface area contributed by atoms with Crippen molar-refractivity contribution in [1.82, 2.24) is 0 Å². The smallest absolute Gasteiger partial charge is 0.226 e. The van der Waals surface area contributed by atoms with E-state index in [2.05, 4.69) is 5.32 Å². The Hall–Kier alpha value is -2.82. The summed E-state index contributed by atoms with van der Waals surface area (Å²) in [5, 5.41) is 2.86. The van der Waals surface area contributed by atoms with Crippen LogP contribution in [0.15, 0.2) is 42.5 Å². The minimum absolute atomic E-state index is 0.0578. The topological polar surface area (TPSA) is 58.6 Å². The minimum Gasteiger partial charge on any atom is -0.494 e. The van der Waals surface area contributed by atoms with E-state index in [0.29, 0.717) is 25.9 Å². The molecule has 3 rings (SSSR count). The van der Waals surface area contributed by atoms with E-state index in [4.69, 9.17) is 4.74 Å². The molecule has 0 atom stereocenters. The average Bonchev–Trinajstić information content (AvgIpc) is 2.64. The number of aryl methyl sites for hydroxylation is 2. The number of hydrogen-bond donors (Lipinski definition) is 1. The lowest BCUT2D eigenvalue weighted by atomic mass is 10.0. The largest absolute Gasteiger partial charge is 0.494 e. The first-order valence-electron chi connectivity index (χ1n) is 8.92. The number of benzene rings is 2. The third-order valence-corrected chi connectivity index (χ3v) is 4.54. The third kappa shape index (κ3) is 4.42. The van der Waals surface area contributed by atoms with Crippen molar-refractivity contribution in [3.8, 4) is 5.75 Å². The van der Waals surface area contributed by atoms with Crippen LogP contribution in [0.1, 0.15) is 30.4 Å². The summed E-state index contributed by atoms with van der Waals surface area (Å²) in [4.78, 5) is 25.4. The van der Waals surface area contributed by atoms with Gasteiger partial charge in [0.15, 0.2) is 0 Å². The SMILES string of the molecule is Cc1cccc(N(C)C(=O)CCCOc2ccc3c(c2)CCC(=O)N3)c1. The highest BCUT2D eigenvalue weighted by molar-refractivity contribution is 5.94. The second-order valence-electron chi connectivity index (χ2n) is 6.61. The van der Waals surface area contributed by atoms with Crippen LogP contribution in [0.4, 0.5) is 11.4 Å². The number of nitrogens with zero attached hydrogens (tertiary/aromatic N) is 1. The van der Waals surface area contributed by atoms with Crippen LogP contribution in [0.25, 0.3) is 0 Å². The van der Waals surface area contributed by atoms with Crippen molar-refractivity contribution in [3.63, 3.8) is 0 Å². The van der Waals surface area contributed by atoms with Crippen LogP contribution in [0.5, 0.6) is 5.75 Å². The molecular formula is C21H24N2O3. The van der Waals surface area contributed by atoms with Crippen LogP contribution >= 0.6 is 0 Å². The van der Waals surface area contributed by atoms with Gasteiger partial charge >= 0.3 is 0 Å². The number of amides is 2. The van der Waals surface area contributed by atoms with E-state index in [0.717, 1.165) is 34.7 Å². The van der Waals surface area contributed by atoms with Crippen molar-refractivity contribution in [2.75, 3.05) is 23.9 Å². The maximum atomic E-state index is 12.3. The van der Waals surface area contributed by atoms with E-state index in [1.807, 2.05) is 49.4 Å². The lowest BCUT2D eigenvalue weighted by Crippen LogP contribution is -2.26. The molecule has 1 heterocycles. The number of ether oxygens (including phenoxy) is 1. The van der Waals surface area contributed by atoms with Crippen molar-refractivity contribution >= 4 is 23.2 Å². The minimum atomic E-state index is 0.0578. The zero-order valence-electron chi connectivity index (χ0n) is 15.2. The fourth-order valence-electron chi connectivity index (χ4n) is 3.01. The van der Waals surface area contributed by atoms with E-state index < -0.39 is 0 Å². The Bertz CT molecular complexity index is 817. The molecule has 0 radical (unpaired) electrons. The third-order valence-electron chi connectivity index (χ3n) is 4.54. The molecular weight excluding hydrogens is 328 g/mol. The molecule has 5 nitrogen and oxygen atoms in total. The quantitative estimate of drug-likeness (QED) is 0.807. The number of carbonyl (C=O) groups excluding carboxylic acids is 2. The fourth-order valence-corrected chi connectivity index (χ4v) is 3.01. The van der Waals surface area contributed by atoms with Gasteiger partial charge in [0.1, 0.15) is 5.75 Å². The maximum absolute atomic E-state index is 12.3. The van der Waals surface area contributed by atoms with E-state index in [9.17, 15) is 9.59 Å². The first kappa shape index (κ1) is 18.0. The van der Waals surface area contributed by atoms with Crippen molar-refractivity contribution in [3.05, 3.63) is 53.6 Å². The van der Waals surface area contributed by atoms with Crippen molar-refractivity contribution in [2.24, 2.45) is 0 Å². The van der Waals surface area contributed by atoms with E-state index >= 15 is 0 Å². The highest BCUT2D eigenvalue weighted by atomic mass is 16.5. The maximum Gasteiger partial charge on any atom is 0.226 e. The standard InChI is InChI=1S/C21H24N2O3/c1-15-5-3-6-17(13-15)23(2)21(25)7-4-12-26-18-9-10-19-16(14-18)8-11-20(24)22-19/h3,5-6,9-10,13-14H,4,7-8,11-12H2,1-2H3,(H,22,24). The number of nitrogens with one attached hydrogen (secondary N) is 1. The highest BCUT2D eigenvalue weighted by Crippen LogP contribution is 2.27. The Morgan fingerprint density at radius 3 is 2.85 bits per heavy atom. The Morgan fingerprint density at radius 1 is 1.19 bits per heavy atom. The van der Waals surface area contributed by atoms with Gasteiger partial charge in [0, 0.05) is 31.3 Å². The fraction of sp³-hybridized carbons (Fsp3) is 0.333. The summed E-state index contributed by atoms with van der Waals surface area (Å²) in [5.74, 6) is 0.911. The van der Waals surface area contributed by atoms with Crippen LogP contribution in [0, 0.1) is 6.92 Å². The first-order valence-corrected chi connectivity index (χ1v) is 8.92. The van der Waals surface area contributed by atoms with Crippen LogP contribution in [0.2, 0.25) is 0 Å². The molecule has 1 aliphatic heterocycles. The molecule has 0 bridgehead atoms. The van der Waals surface area contributed by atoms with E-state index in [-0.39, 0.29) is 11.8 Å². The molecule has 26 heavy (non-hydrogen) atoms. The molecule has 1 N–H and O–H groups in total. The van der Waals surface area contributed by atoms with Gasteiger partial charge in [-0.05, 0) is 61.2 Å². The first-order chi connectivity index (χ1) is 12.5. The molecule has 0 fully saturated rings. The zero-order valence-corrected chi connectivity index (χ0v) is 15.2. The summed E-state index contributed by atoms with van der Waals surface area (Å²) in [5.41, 5.74) is 4.00. The van der Waals surface area contributed by atoms with Gasteiger partial charge in [-0.2, -0.15) is 0 Å². The number of carbonyl (C=O) groups is 2. The number of hydrogen-bond acceptors (Lipinski definition) is 3. The van der Waals surface area contributed by atoms with Crippen LogP contribution < -0.4 is 15.0 Å². The average molecular weight is 352 g/mol. The summed E-state index contributed by atoms with van der Waals surface area (Å²) < 4.78 is 5.77. The molecule has 136 valence electrons. The summed E-state index contributed by atoms with van der Waals surface area (Å²) in [6.07, 6.45) is 2.34. The second kappa shape index (κ2) is 8.04. The molecule has 0 saturated heterocycles. The normalized spacial score (nSPS) is 12.9. The van der Waals surface area contributed by atoms with Crippen molar-refractivity contribution in [1.29, 1.82) is 0 Å². The molecule has 0 unspecified atom stereocenters. The predicted octanol–water partition coefficient (Wildman–Crippen LogP) is 3.70. The van der Waals surface area contributed by atoms with Gasteiger partial charge in [-0.15, -0.1) is 0 Å². The molecule has 2 aromatic rings. The Labute approximate surface area is 154 Å². The van der Waals surface area contributed by atoms with Gasteiger partial charge < -0.3 is 15.0 Å². The Balaban J connectivity index is 1.46. The van der Waals surface area contributed by atoms with Gasteiger partial charge in [-0.25, -0.2) is 0 Å². The highest BCUT2D eigenvalue weighted by Gasteiger charge is 2.15. The Kier molecular flexibility index (Phi) is 5.56. The summed E-state index contributed by atoms with van der Waals surface area (Å²) in [7, 11) is 1.80. The summed E-state index contributed by atoms with van der Waals surface area (Å²) >= 11 is 0. The monoisotopic (exact) mass is 352 g/mol. The molecule has 0 aliphatic carbocycles. The lowest BCUT2D eigenvalue weighted by molar-refractivity contribution is -0.118. The molecule has 2 aromatic carbocycles. The van der Waals surface area contributed by atoms with Gasteiger partial charge in [0.2, 0.25) is 11.8 Å². The molecule has 5 heteroatoms. The van der Waals surface area contributed by atoms with Crippen LogP contribution in [-0.4, -0.2) is 25.5 Å². The molecule has 0 spiro atoms. The zero-order chi connectivity index (χ0) is 18.5. The lowest BCUT2D eigenvalue weighted by Gasteiger charge is -2.19. The molecule has 0 saturated carbocycles. The van der Waals surface area contributed by atoms with Crippen molar-refractivity contribution in [2.45, 2.75) is 32.6 Å². The number of rotatable bonds is 6. The molecule has 1 aliphatic rings. The van der Waals surface area contributed by atoms with E-state index in [1.165, 1.54) is 0 Å². The van der Waals surface area contributed by atoms with Crippen molar-refractivity contribution < 1.29 is 14.3 Å². The summed E-state index contributed by atoms with van der Waals surface area (Å²) in [6, 6.07) is 13.6. The van der Waals surface area contributed by atoms with Gasteiger partial charge in [-0.1, -0.05) is 12.1 Å². The van der Waals surface area contributed by atoms with Crippen LogP contribution in [-0.2, 0) is 16.0 Å². The van der Waals surface area contributed by atoms with Gasteiger partial charge in [0.05, 0.1) is 6.61 Å². The molecule has 0 aromatic heterocycles. The summed E-state index contributed by atoms with van der Waals surface area (Å²) in [6.45, 7) is 2.50. The number of anilines is 2.